The molecule has 4 nitrogen and oxygen atoms in total. The third-order valence-electron chi connectivity index (χ3n) is 4.11. The molecule has 1 heterocycles. The molecular formula is C16H21ClN2O2. The highest BCUT2D eigenvalue weighted by molar-refractivity contribution is 6.30. The van der Waals surface area contributed by atoms with Crippen LogP contribution in [0.2, 0.25) is 5.02 Å². The van der Waals surface area contributed by atoms with E-state index in [0.29, 0.717) is 31.2 Å². The van der Waals surface area contributed by atoms with Gasteiger partial charge < -0.3 is 9.80 Å². The Morgan fingerprint density at radius 2 is 1.48 bits per heavy atom. The number of hydrogen-bond donors (Lipinski definition) is 0. The van der Waals surface area contributed by atoms with Gasteiger partial charge in [-0.25, -0.2) is 0 Å². The maximum Gasteiger partial charge on any atom is 0.232 e. The molecule has 1 aromatic rings. The maximum absolute atomic E-state index is 12.8. The van der Waals surface area contributed by atoms with E-state index in [2.05, 4.69) is 0 Å². The van der Waals surface area contributed by atoms with Gasteiger partial charge in [-0.15, -0.1) is 0 Å². The van der Waals surface area contributed by atoms with Crippen LogP contribution in [0, 0.1) is 0 Å². The van der Waals surface area contributed by atoms with Crippen LogP contribution in [0.15, 0.2) is 24.3 Å². The van der Waals surface area contributed by atoms with Crippen LogP contribution in [0.4, 0.5) is 0 Å². The average molecular weight is 309 g/mol. The maximum atomic E-state index is 12.8. The summed E-state index contributed by atoms with van der Waals surface area (Å²) in [7, 11) is 0. The van der Waals surface area contributed by atoms with Crippen molar-refractivity contribution in [1.82, 2.24) is 9.80 Å². The van der Waals surface area contributed by atoms with Gasteiger partial charge in [0.2, 0.25) is 11.8 Å². The normalized spacial score (nSPS) is 16.0. The van der Waals surface area contributed by atoms with Gasteiger partial charge >= 0.3 is 0 Å². The lowest BCUT2D eigenvalue weighted by molar-refractivity contribution is -0.141. The van der Waals surface area contributed by atoms with Crippen molar-refractivity contribution in [2.75, 3.05) is 26.2 Å². The second-order valence-electron chi connectivity index (χ2n) is 5.93. The van der Waals surface area contributed by atoms with E-state index in [-0.39, 0.29) is 11.8 Å². The molecule has 0 radical (unpaired) electrons. The fourth-order valence-corrected chi connectivity index (χ4v) is 2.74. The third-order valence-corrected chi connectivity index (χ3v) is 4.36. The van der Waals surface area contributed by atoms with E-state index in [9.17, 15) is 9.59 Å². The fraction of sp³-hybridized carbons (Fsp3) is 0.500. The van der Waals surface area contributed by atoms with Crippen LogP contribution in [0.1, 0.15) is 26.3 Å². The zero-order valence-electron chi connectivity index (χ0n) is 12.7. The van der Waals surface area contributed by atoms with Gasteiger partial charge in [-0.3, -0.25) is 9.59 Å². The first kappa shape index (κ1) is 15.8. The van der Waals surface area contributed by atoms with Crippen LogP contribution in [-0.2, 0) is 15.0 Å². The molecule has 0 bridgehead atoms. The Kier molecular flexibility index (Phi) is 4.57. The Labute approximate surface area is 130 Å². The van der Waals surface area contributed by atoms with Gasteiger partial charge in [0.25, 0.3) is 0 Å². The Morgan fingerprint density at radius 1 is 1.00 bits per heavy atom. The molecule has 114 valence electrons. The van der Waals surface area contributed by atoms with E-state index < -0.39 is 5.41 Å². The molecular weight excluding hydrogens is 288 g/mol. The molecule has 1 saturated heterocycles. The number of benzene rings is 1. The summed E-state index contributed by atoms with van der Waals surface area (Å²) in [6, 6.07) is 7.40. The number of amides is 2. The summed E-state index contributed by atoms with van der Waals surface area (Å²) in [6.45, 7) is 7.82. The Balaban J connectivity index is 2.09. The highest BCUT2D eigenvalue weighted by Crippen LogP contribution is 2.27. The van der Waals surface area contributed by atoms with E-state index in [4.69, 9.17) is 11.6 Å². The number of hydrogen-bond acceptors (Lipinski definition) is 2. The average Bonchev–Trinajstić information content (AvgIpc) is 2.47. The van der Waals surface area contributed by atoms with Crippen molar-refractivity contribution in [2.24, 2.45) is 0 Å². The van der Waals surface area contributed by atoms with Crippen LogP contribution in [0.3, 0.4) is 0 Å². The van der Waals surface area contributed by atoms with Gasteiger partial charge in [-0.05, 0) is 31.5 Å². The third kappa shape index (κ3) is 3.38. The molecule has 0 unspecified atom stereocenters. The van der Waals surface area contributed by atoms with Crippen molar-refractivity contribution in [1.29, 1.82) is 0 Å². The number of nitrogens with zero attached hydrogens (tertiary/aromatic N) is 2. The number of piperazine rings is 1. The SMILES string of the molecule is CC(=O)N1CCN(C(=O)C(C)(C)c2ccc(Cl)cc2)CC1. The van der Waals surface area contributed by atoms with Crippen molar-refractivity contribution in [3.05, 3.63) is 34.9 Å². The van der Waals surface area contributed by atoms with Crippen molar-refractivity contribution in [3.63, 3.8) is 0 Å². The number of carbonyl (C=O) groups is 2. The molecule has 5 heteroatoms. The number of carbonyl (C=O) groups excluding carboxylic acids is 2. The van der Waals surface area contributed by atoms with Gasteiger partial charge in [0, 0.05) is 38.1 Å². The van der Waals surface area contributed by atoms with Gasteiger partial charge in [-0.1, -0.05) is 23.7 Å². The van der Waals surface area contributed by atoms with Crippen molar-refractivity contribution < 1.29 is 9.59 Å². The van der Waals surface area contributed by atoms with Gasteiger partial charge in [0.1, 0.15) is 0 Å². The second-order valence-corrected chi connectivity index (χ2v) is 6.37. The highest BCUT2D eigenvalue weighted by atomic mass is 35.5. The summed E-state index contributed by atoms with van der Waals surface area (Å²) < 4.78 is 0. The smallest absolute Gasteiger partial charge is 0.232 e. The topological polar surface area (TPSA) is 40.6 Å². The van der Waals surface area contributed by atoms with Crippen LogP contribution in [0.25, 0.3) is 0 Å². The van der Waals surface area contributed by atoms with E-state index in [1.54, 1.807) is 24.0 Å². The molecule has 1 aliphatic rings. The van der Waals surface area contributed by atoms with Gasteiger partial charge in [0.15, 0.2) is 0 Å². The lowest BCUT2D eigenvalue weighted by atomic mass is 9.83. The summed E-state index contributed by atoms with van der Waals surface area (Å²) in [5.74, 6) is 0.159. The van der Waals surface area contributed by atoms with E-state index in [1.165, 1.54) is 0 Å². The van der Waals surface area contributed by atoms with E-state index in [1.807, 2.05) is 30.9 Å². The number of halogens is 1. The fourth-order valence-electron chi connectivity index (χ4n) is 2.61. The van der Waals surface area contributed by atoms with Crippen LogP contribution < -0.4 is 0 Å². The largest absolute Gasteiger partial charge is 0.339 e. The minimum Gasteiger partial charge on any atom is -0.339 e. The summed E-state index contributed by atoms with van der Waals surface area (Å²) in [6.07, 6.45) is 0. The first-order valence-electron chi connectivity index (χ1n) is 7.13. The first-order chi connectivity index (χ1) is 9.82. The molecule has 0 aromatic heterocycles. The number of rotatable bonds is 2. The predicted molar refractivity (Wildman–Crippen MR) is 83.3 cm³/mol. The molecule has 21 heavy (non-hydrogen) atoms. The molecule has 1 fully saturated rings. The van der Waals surface area contributed by atoms with Gasteiger partial charge in [0.05, 0.1) is 5.41 Å². The second kappa shape index (κ2) is 6.06. The van der Waals surface area contributed by atoms with Crippen molar-refractivity contribution in [2.45, 2.75) is 26.2 Å². The quantitative estimate of drug-likeness (QED) is 0.841. The van der Waals surface area contributed by atoms with Gasteiger partial charge in [-0.2, -0.15) is 0 Å². The monoisotopic (exact) mass is 308 g/mol. The van der Waals surface area contributed by atoms with Crippen molar-refractivity contribution >= 4 is 23.4 Å². The molecule has 0 aliphatic carbocycles. The summed E-state index contributed by atoms with van der Waals surface area (Å²) in [5.41, 5.74) is 0.356. The zero-order chi connectivity index (χ0) is 15.6. The lowest BCUT2D eigenvalue weighted by Crippen LogP contribution is -2.54. The molecule has 1 aromatic carbocycles. The molecule has 0 N–H and O–H groups in total. The Bertz CT molecular complexity index is 532. The summed E-state index contributed by atoms with van der Waals surface area (Å²) in [4.78, 5) is 27.7. The van der Waals surface area contributed by atoms with E-state index >= 15 is 0 Å². The van der Waals surface area contributed by atoms with Crippen molar-refractivity contribution in [3.8, 4) is 0 Å². The first-order valence-corrected chi connectivity index (χ1v) is 7.51. The zero-order valence-corrected chi connectivity index (χ0v) is 13.5. The Morgan fingerprint density at radius 3 is 1.95 bits per heavy atom. The molecule has 0 spiro atoms. The Hall–Kier alpha value is -1.55. The molecule has 0 saturated carbocycles. The lowest BCUT2D eigenvalue weighted by Gasteiger charge is -2.38. The molecule has 1 aliphatic heterocycles. The van der Waals surface area contributed by atoms with Crippen LogP contribution >= 0.6 is 11.6 Å². The minimum absolute atomic E-state index is 0.0686. The molecule has 2 rings (SSSR count). The predicted octanol–water partition coefficient (Wildman–Crippen LogP) is 2.31. The summed E-state index contributed by atoms with van der Waals surface area (Å²) >= 11 is 5.90. The molecule has 0 atom stereocenters. The highest BCUT2D eigenvalue weighted by Gasteiger charge is 2.35. The van der Waals surface area contributed by atoms with Crippen LogP contribution in [-0.4, -0.2) is 47.8 Å². The van der Waals surface area contributed by atoms with Crippen LogP contribution in [0.5, 0.6) is 0 Å². The minimum atomic E-state index is -0.594. The van der Waals surface area contributed by atoms with E-state index in [0.717, 1.165) is 5.56 Å². The molecule has 2 amide bonds. The standard InChI is InChI=1S/C16H21ClN2O2/c1-12(20)18-8-10-19(11-9-18)15(21)16(2,3)13-4-6-14(17)7-5-13/h4-7H,8-11H2,1-3H3. The summed E-state index contributed by atoms with van der Waals surface area (Å²) in [5, 5.41) is 0.664.